The summed E-state index contributed by atoms with van der Waals surface area (Å²) in [7, 11) is 0. The number of aromatic nitrogens is 1. The molecule has 19 heavy (non-hydrogen) atoms. The van der Waals surface area contributed by atoms with E-state index in [1.165, 1.54) is 0 Å². The lowest BCUT2D eigenvalue weighted by Crippen LogP contribution is -2.11. The van der Waals surface area contributed by atoms with E-state index >= 15 is 0 Å². The lowest BCUT2D eigenvalue weighted by Gasteiger charge is -2.09. The van der Waals surface area contributed by atoms with E-state index in [-0.39, 0.29) is 6.04 Å². The molecule has 0 radical (unpaired) electrons. The Morgan fingerprint density at radius 2 is 1.95 bits per heavy atom. The van der Waals surface area contributed by atoms with Crippen LogP contribution >= 0.6 is 11.6 Å². The first-order valence-electron chi connectivity index (χ1n) is 6.01. The number of fused-ring (bicyclic) bond motifs is 1. The van der Waals surface area contributed by atoms with Gasteiger partial charge in [-0.15, -0.1) is 0 Å². The van der Waals surface area contributed by atoms with Crippen molar-refractivity contribution in [1.29, 1.82) is 0 Å². The van der Waals surface area contributed by atoms with Gasteiger partial charge in [0.05, 0.1) is 6.04 Å². The maximum Gasteiger partial charge on any atom is 0.134 e. The van der Waals surface area contributed by atoms with Crippen molar-refractivity contribution >= 4 is 22.6 Å². The first kappa shape index (κ1) is 12.2. The Bertz CT molecular complexity index is 722. The number of halogens is 1. The topological polar surface area (TPSA) is 52.0 Å². The van der Waals surface area contributed by atoms with Crippen molar-refractivity contribution < 1.29 is 4.42 Å². The molecule has 3 rings (SSSR count). The molecule has 0 aliphatic rings. The number of nitrogens with zero attached hydrogens (tertiary/aromatic N) is 1. The van der Waals surface area contributed by atoms with Crippen molar-refractivity contribution in [2.24, 2.45) is 5.73 Å². The predicted octanol–water partition coefficient (Wildman–Crippen LogP) is 3.84. The van der Waals surface area contributed by atoms with E-state index in [9.17, 15) is 0 Å². The Kier molecular flexibility index (Phi) is 3.01. The highest BCUT2D eigenvalue weighted by atomic mass is 35.5. The number of hydrogen-bond donors (Lipinski definition) is 1. The Morgan fingerprint density at radius 1 is 1.21 bits per heavy atom. The zero-order chi connectivity index (χ0) is 13.4. The van der Waals surface area contributed by atoms with Crippen molar-refractivity contribution in [3.63, 3.8) is 0 Å². The molecule has 0 spiro atoms. The average Bonchev–Trinajstić information content (AvgIpc) is 2.76. The minimum Gasteiger partial charge on any atom is -0.459 e. The zero-order valence-corrected chi connectivity index (χ0v) is 11.2. The zero-order valence-electron chi connectivity index (χ0n) is 10.4. The number of furan rings is 1. The molecule has 96 valence electrons. The monoisotopic (exact) mass is 272 g/mol. The summed E-state index contributed by atoms with van der Waals surface area (Å²) in [5.41, 5.74) is 9.08. The second kappa shape index (κ2) is 4.68. The van der Waals surface area contributed by atoms with Gasteiger partial charge in [0.2, 0.25) is 0 Å². The highest BCUT2D eigenvalue weighted by molar-refractivity contribution is 6.31. The molecule has 3 nitrogen and oxygen atoms in total. The van der Waals surface area contributed by atoms with Crippen LogP contribution in [0.5, 0.6) is 0 Å². The van der Waals surface area contributed by atoms with E-state index in [0.717, 1.165) is 27.9 Å². The number of nitrogens with two attached hydrogens (primary N) is 1. The highest BCUT2D eigenvalue weighted by Crippen LogP contribution is 2.32. The van der Waals surface area contributed by atoms with Crippen LogP contribution in [-0.2, 0) is 0 Å². The molecule has 1 aromatic carbocycles. The molecule has 0 saturated carbocycles. The summed E-state index contributed by atoms with van der Waals surface area (Å²) in [4.78, 5) is 3.99. The second-order valence-corrected chi connectivity index (χ2v) is 4.93. The fourth-order valence-electron chi connectivity index (χ4n) is 2.23. The second-order valence-electron chi connectivity index (χ2n) is 4.49. The Labute approximate surface area is 116 Å². The van der Waals surface area contributed by atoms with Crippen LogP contribution in [0.1, 0.15) is 22.9 Å². The molecule has 3 aromatic rings. The lowest BCUT2D eigenvalue weighted by molar-refractivity contribution is 0.521. The summed E-state index contributed by atoms with van der Waals surface area (Å²) in [6.45, 7) is 2.00. The smallest absolute Gasteiger partial charge is 0.134 e. The molecule has 0 amide bonds. The third kappa shape index (κ3) is 2.11. The van der Waals surface area contributed by atoms with Gasteiger partial charge in [0.1, 0.15) is 11.3 Å². The van der Waals surface area contributed by atoms with E-state index in [2.05, 4.69) is 4.98 Å². The van der Waals surface area contributed by atoms with E-state index in [4.69, 9.17) is 21.8 Å². The van der Waals surface area contributed by atoms with Gasteiger partial charge in [0, 0.05) is 28.4 Å². The molecule has 2 heterocycles. The highest BCUT2D eigenvalue weighted by Gasteiger charge is 2.18. The summed E-state index contributed by atoms with van der Waals surface area (Å²) < 4.78 is 5.87. The molecular formula is C15H13ClN2O. The Morgan fingerprint density at radius 3 is 2.68 bits per heavy atom. The van der Waals surface area contributed by atoms with Gasteiger partial charge in [-0.3, -0.25) is 4.98 Å². The van der Waals surface area contributed by atoms with Crippen LogP contribution < -0.4 is 5.73 Å². The quantitative estimate of drug-likeness (QED) is 0.771. The summed E-state index contributed by atoms with van der Waals surface area (Å²) in [6.07, 6.45) is 3.45. The van der Waals surface area contributed by atoms with Gasteiger partial charge >= 0.3 is 0 Å². The van der Waals surface area contributed by atoms with Crippen molar-refractivity contribution in [1.82, 2.24) is 4.98 Å². The maximum atomic E-state index is 6.26. The van der Waals surface area contributed by atoms with Gasteiger partial charge in [-0.25, -0.2) is 0 Å². The van der Waals surface area contributed by atoms with Crippen molar-refractivity contribution in [2.45, 2.75) is 13.0 Å². The summed E-state index contributed by atoms with van der Waals surface area (Å²) in [6, 6.07) is 9.07. The van der Waals surface area contributed by atoms with Crippen molar-refractivity contribution in [3.05, 3.63) is 64.6 Å². The first-order chi connectivity index (χ1) is 9.16. The van der Waals surface area contributed by atoms with Crippen molar-refractivity contribution in [2.75, 3.05) is 0 Å². The lowest BCUT2D eigenvalue weighted by atomic mass is 10.0. The Balaban J connectivity index is 2.13. The average molecular weight is 273 g/mol. The Hall–Kier alpha value is -1.84. The molecule has 0 saturated heterocycles. The van der Waals surface area contributed by atoms with Gasteiger partial charge in [0.15, 0.2) is 0 Å². The van der Waals surface area contributed by atoms with E-state index in [0.29, 0.717) is 5.02 Å². The van der Waals surface area contributed by atoms with Crippen LogP contribution in [-0.4, -0.2) is 4.98 Å². The van der Waals surface area contributed by atoms with Crippen LogP contribution in [0.3, 0.4) is 0 Å². The molecule has 4 heteroatoms. The van der Waals surface area contributed by atoms with Gasteiger partial charge in [-0.05, 0) is 42.8 Å². The molecule has 1 unspecified atom stereocenters. The normalized spacial score (nSPS) is 12.8. The van der Waals surface area contributed by atoms with Crippen LogP contribution in [0.4, 0.5) is 0 Å². The van der Waals surface area contributed by atoms with Crippen LogP contribution in [0.25, 0.3) is 11.0 Å². The summed E-state index contributed by atoms with van der Waals surface area (Å²) in [5, 5.41) is 1.70. The molecule has 2 N–H and O–H groups in total. The van der Waals surface area contributed by atoms with Gasteiger partial charge in [-0.1, -0.05) is 11.6 Å². The number of rotatable bonds is 2. The van der Waals surface area contributed by atoms with E-state index in [1.807, 2.05) is 37.3 Å². The van der Waals surface area contributed by atoms with Gasteiger partial charge in [0.25, 0.3) is 0 Å². The van der Waals surface area contributed by atoms with E-state index in [1.54, 1.807) is 12.4 Å². The molecule has 0 aliphatic heterocycles. The van der Waals surface area contributed by atoms with Crippen LogP contribution in [0.2, 0.25) is 5.02 Å². The fraction of sp³-hybridized carbons (Fsp3) is 0.133. The van der Waals surface area contributed by atoms with Crippen LogP contribution in [0.15, 0.2) is 47.1 Å². The minimum absolute atomic E-state index is 0.297. The number of benzene rings is 1. The minimum atomic E-state index is -0.297. The largest absolute Gasteiger partial charge is 0.459 e. The molecule has 0 aliphatic carbocycles. The fourth-order valence-corrected chi connectivity index (χ4v) is 2.40. The van der Waals surface area contributed by atoms with Crippen molar-refractivity contribution in [3.8, 4) is 0 Å². The number of aryl methyl sites for hydroxylation is 1. The molecular weight excluding hydrogens is 260 g/mol. The number of pyridine rings is 1. The summed E-state index contributed by atoms with van der Waals surface area (Å²) in [5.74, 6) is 0.767. The number of hydrogen-bond acceptors (Lipinski definition) is 3. The first-order valence-corrected chi connectivity index (χ1v) is 6.38. The van der Waals surface area contributed by atoms with Crippen LogP contribution in [0, 0.1) is 6.92 Å². The standard InChI is InChI=1S/C15H13ClN2O/c1-9-12-8-11(16)2-3-13(12)19-15(9)14(17)10-4-6-18-7-5-10/h2-8,14H,17H2,1H3. The predicted molar refractivity (Wildman–Crippen MR) is 76.2 cm³/mol. The third-order valence-electron chi connectivity index (χ3n) is 3.28. The van der Waals surface area contributed by atoms with E-state index < -0.39 is 0 Å². The molecule has 1 atom stereocenters. The maximum absolute atomic E-state index is 6.26. The summed E-state index contributed by atoms with van der Waals surface area (Å²) >= 11 is 6.02. The molecule has 0 bridgehead atoms. The SMILES string of the molecule is Cc1c(C(N)c2ccncc2)oc2ccc(Cl)cc12. The van der Waals surface area contributed by atoms with Gasteiger partial charge < -0.3 is 10.2 Å². The van der Waals surface area contributed by atoms with Gasteiger partial charge in [-0.2, -0.15) is 0 Å². The molecule has 2 aromatic heterocycles. The third-order valence-corrected chi connectivity index (χ3v) is 3.52. The molecule has 0 fully saturated rings.